The SMILES string of the molecule is CCCCCCCOc1cc(C#N)ccc1N. The summed E-state index contributed by atoms with van der Waals surface area (Å²) < 4.78 is 5.58. The maximum atomic E-state index is 8.78. The van der Waals surface area contributed by atoms with Crippen molar-refractivity contribution in [1.82, 2.24) is 0 Å². The lowest BCUT2D eigenvalue weighted by atomic mass is 10.2. The van der Waals surface area contributed by atoms with E-state index in [0.29, 0.717) is 23.6 Å². The van der Waals surface area contributed by atoms with E-state index < -0.39 is 0 Å². The van der Waals surface area contributed by atoms with Gasteiger partial charge in [0.15, 0.2) is 0 Å². The average Bonchev–Trinajstić information content (AvgIpc) is 2.35. The molecule has 1 aromatic rings. The molecule has 0 atom stereocenters. The van der Waals surface area contributed by atoms with E-state index in [1.165, 1.54) is 25.7 Å². The van der Waals surface area contributed by atoms with E-state index in [1.807, 2.05) is 0 Å². The minimum Gasteiger partial charge on any atom is -0.491 e. The highest BCUT2D eigenvalue weighted by Crippen LogP contribution is 2.22. The number of unbranched alkanes of at least 4 members (excludes halogenated alkanes) is 4. The van der Waals surface area contributed by atoms with E-state index in [1.54, 1.807) is 18.2 Å². The molecule has 0 saturated heterocycles. The zero-order valence-electron chi connectivity index (χ0n) is 10.4. The summed E-state index contributed by atoms with van der Waals surface area (Å²) in [5.74, 6) is 0.625. The topological polar surface area (TPSA) is 59.0 Å². The predicted octanol–water partition coefficient (Wildman–Crippen LogP) is 3.49. The third-order valence-electron chi connectivity index (χ3n) is 2.65. The van der Waals surface area contributed by atoms with Crippen LogP contribution in [0, 0.1) is 11.3 Å². The van der Waals surface area contributed by atoms with Gasteiger partial charge in [0.1, 0.15) is 5.75 Å². The minimum absolute atomic E-state index is 0.584. The van der Waals surface area contributed by atoms with Gasteiger partial charge in [0.2, 0.25) is 0 Å². The van der Waals surface area contributed by atoms with Crippen molar-refractivity contribution >= 4 is 5.69 Å². The summed E-state index contributed by atoms with van der Waals surface area (Å²) in [4.78, 5) is 0. The summed E-state index contributed by atoms with van der Waals surface area (Å²) in [5, 5.41) is 8.78. The second-order valence-electron chi connectivity index (χ2n) is 4.13. The van der Waals surface area contributed by atoms with Crippen molar-refractivity contribution in [2.75, 3.05) is 12.3 Å². The molecule has 0 aliphatic heterocycles. The van der Waals surface area contributed by atoms with Crippen LogP contribution in [0.3, 0.4) is 0 Å². The Morgan fingerprint density at radius 2 is 2.00 bits per heavy atom. The molecule has 3 nitrogen and oxygen atoms in total. The third-order valence-corrected chi connectivity index (χ3v) is 2.65. The van der Waals surface area contributed by atoms with Gasteiger partial charge < -0.3 is 10.5 Å². The number of hydrogen-bond donors (Lipinski definition) is 1. The molecule has 0 spiro atoms. The van der Waals surface area contributed by atoms with Crippen molar-refractivity contribution in [1.29, 1.82) is 5.26 Å². The van der Waals surface area contributed by atoms with Crippen LogP contribution in [-0.4, -0.2) is 6.61 Å². The molecular formula is C14H20N2O. The molecule has 0 aliphatic carbocycles. The van der Waals surface area contributed by atoms with Crippen molar-refractivity contribution < 1.29 is 4.74 Å². The number of nitriles is 1. The summed E-state index contributed by atoms with van der Waals surface area (Å²) in [7, 11) is 0. The smallest absolute Gasteiger partial charge is 0.143 e. The molecule has 1 rings (SSSR count). The number of anilines is 1. The first-order valence-electron chi connectivity index (χ1n) is 6.20. The van der Waals surface area contributed by atoms with Gasteiger partial charge in [-0.2, -0.15) is 5.26 Å². The Hall–Kier alpha value is -1.69. The van der Waals surface area contributed by atoms with Crippen molar-refractivity contribution in [3.63, 3.8) is 0 Å². The molecule has 0 saturated carbocycles. The van der Waals surface area contributed by atoms with Crippen molar-refractivity contribution in [2.24, 2.45) is 0 Å². The molecule has 0 aliphatic rings. The monoisotopic (exact) mass is 232 g/mol. The van der Waals surface area contributed by atoms with Gasteiger partial charge in [0, 0.05) is 6.07 Å². The number of nitrogens with zero attached hydrogens (tertiary/aromatic N) is 1. The van der Waals surface area contributed by atoms with Crippen LogP contribution < -0.4 is 10.5 Å². The van der Waals surface area contributed by atoms with Crippen molar-refractivity contribution in [2.45, 2.75) is 39.0 Å². The number of ether oxygens (including phenoxy) is 1. The van der Waals surface area contributed by atoms with E-state index in [0.717, 1.165) is 6.42 Å². The van der Waals surface area contributed by atoms with Gasteiger partial charge in [-0.05, 0) is 18.6 Å². The molecule has 2 N–H and O–H groups in total. The maximum Gasteiger partial charge on any atom is 0.143 e. The number of hydrogen-bond acceptors (Lipinski definition) is 3. The van der Waals surface area contributed by atoms with E-state index in [2.05, 4.69) is 13.0 Å². The normalized spacial score (nSPS) is 9.88. The summed E-state index contributed by atoms with van der Waals surface area (Å²) in [6.07, 6.45) is 6.01. The molecule has 92 valence electrons. The summed E-state index contributed by atoms with van der Waals surface area (Å²) in [6, 6.07) is 7.18. The summed E-state index contributed by atoms with van der Waals surface area (Å²) in [6.45, 7) is 2.87. The summed E-state index contributed by atoms with van der Waals surface area (Å²) in [5.41, 5.74) is 6.95. The number of nitrogen functional groups attached to an aromatic ring is 1. The Bertz CT molecular complexity index is 382. The van der Waals surface area contributed by atoms with Crippen LogP contribution in [0.1, 0.15) is 44.6 Å². The minimum atomic E-state index is 0.584. The molecule has 0 amide bonds. The molecule has 0 fully saturated rings. The van der Waals surface area contributed by atoms with Gasteiger partial charge in [-0.3, -0.25) is 0 Å². The zero-order chi connectivity index (χ0) is 12.5. The molecule has 0 aromatic heterocycles. The lowest BCUT2D eigenvalue weighted by molar-refractivity contribution is 0.306. The van der Waals surface area contributed by atoms with Crippen LogP contribution in [0.2, 0.25) is 0 Å². The Kier molecular flexibility index (Phi) is 5.95. The first kappa shape index (κ1) is 13.4. The molecule has 1 aromatic carbocycles. The van der Waals surface area contributed by atoms with E-state index in [9.17, 15) is 0 Å². The quantitative estimate of drug-likeness (QED) is 0.578. The van der Waals surface area contributed by atoms with Crippen molar-refractivity contribution in [3.8, 4) is 11.8 Å². The molecule has 0 unspecified atom stereocenters. The fraction of sp³-hybridized carbons (Fsp3) is 0.500. The first-order valence-corrected chi connectivity index (χ1v) is 6.20. The maximum absolute atomic E-state index is 8.78. The Morgan fingerprint density at radius 3 is 2.71 bits per heavy atom. The van der Waals surface area contributed by atoms with E-state index in [-0.39, 0.29) is 0 Å². The third kappa shape index (κ3) is 4.78. The van der Waals surface area contributed by atoms with Gasteiger partial charge in [-0.1, -0.05) is 32.6 Å². The molecule has 0 bridgehead atoms. The van der Waals surface area contributed by atoms with Crippen LogP contribution in [0.4, 0.5) is 5.69 Å². The number of rotatable bonds is 7. The summed E-state index contributed by atoms with van der Waals surface area (Å²) >= 11 is 0. The fourth-order valence-electron chi connectivity index (χ4n) is 1.62. The van der Waals surface area contributed by atoms with Crippen LogP contribution in [0.15, 0.2) is 18.2 Å². The van der Waals surface area contributed by atoms with Gasteiger partial charge in [-0.25, -0.2) is 0 Å². The van der Waals surface area contributed by atoms with Gasteiger partial charge in [-0.15, -0.1) is 0 Å². The highest BCUT2D eigenvalue weighted by Gasteiger charge is 2.01. The van der Waals surface area contributed by atoms with Gasteiger partial charge in [0.25, 0.3) is 0 Å². The second kappa shape index (κ2) is 7.56. The Morgan fingerprint density at radius 1 is 1.24 bits per heavy atom. The zero-order valence-corrected chi connectivity index (χ0v) is 10.4. The van der Waals surface area contributed by atoms with Crippen LogP contribution in [-0.2, 0) is 0 Å². The van der Waals surface area contributed by atoms with Crippen molar-refractivity contribution in [3.05, 3.63) is 23.8 Å². The second-order valence-corrected chi connectivity index (χ2v) is 4.13. The van der Waals surface area contributed by atoms with Gasteiger partial charge >= 0.3 is 0 Å². The standard InChI is InChI=1S/C14H20N2O/c1-2-3-4-5-6-9-17-14-10-12(11-15)7-8-13(14)16/h7-8,10H,2-6,9,16H2,1H3. The predicted molar refractivity (Wildman–Crippen MR) is 69.8 cm³/mol. The van der Waals surface area contributed by atoms with Crippen LogP contribution in [0.5, 0.6) is 5.75 Å². The molecule has 0 radical (unpaired) electrons. The number of nitrogens with two attached hydrogens (primary N) is 1. The van der Waals surface area contributed by atoms with Crippen LogP contribution >= 0.6 is 0 Å². The van der Waals surface area contributed by atoms with E-state index in [4.69, 9.17) is 15.7 Å². The van der Waals surface area contributed by atoms with Gasteiger partial charge in [0.05, 0.1) is 23.9 Å². The average molecular weight is 232 g/mol. The lowest BCUT2D eigenvalue weighted by Gasteiger charge is -2.08. The lowest BCUT2D eigenvalue weighted by Crippen LogP contribution is -2.00. The fourth-order valence-corrected chi connectivity index (χ4v) is 1.62. The highest BCUT2D eigenvalue weighted by atomic mass is 16.5. The Balaban J connectivity index is 2.33. The number of benzene rings is 1. The molecule has 0 heterocycles. The largest absolute Gasteiger partial charge is 0.491 e. The molecular weight excluding hydrogens is 212 g/mol. The van der Waals surface area contributed by atoms with Crippen LogP contribution in [0.25, 0.3) is 0 Å². The molecule has 17 heavy (non-hydrogen) atoms. The van der Waals surface area contributed by atoms with E-state index >= 15 is 0 Å². The Labute approximate surface area is 103 Å². The molecule has 3 heteroatoms. The first-order chi connectivity index (χ1) is 8.27. The highest BCUT2D eigenvalue weighted by molar-refractivity contribution is 5.55.